The number of amides is 1. The summed E-state index contributed by atoms with van der Waals surface area (Å²) in [5.41, 5.74) is 10.9. The van der Waals surface area contributed by atoms with Crippen LogP contribution >= 0.6 is 11.8 Å². The highest BCUT2D eigenvalue weighted by Gasteiger charge is 2.12. The van der Waals surface area contributed by atoms with Gasteiger partial charge in [-0.05, 0) is 53.4 Å². The molecule has 0 atom stereocenters. The van der Waals surface area contributed by atoms with E-state index in [4.69, 9.17) is 5.73 Å². The van der Waals surface area contributed by atoms with Crippen LogP contribution in [0.3, 0.4) is 0 Å². The van der Waals surface area contributed by atoms with Gasteiger partial charge < -0.3 is 11.1 Å². The number of aromatic nitrogens is 4. The van der Waals surface area contributed by atoms with Crippen molar-refractivity contribution in [3.05, 3.63) is 102 Å². The largest absolute Gasteiger partial charge is 0.366 e. The number of rotatable bonds is 7. The summed E-state index contributed by atoms with van der Waals surface area (Å²) in [6.07, 6.45) is 6.05. The molecule has 0 radical (unpaired) electrons. The number of pyridine rings is 2. The lowest BCUT2D eigenvalue weighted by atomic mass is 10.1. The number of benzene rings is 2. The molecule has 2 aromatic carbocycles. The molecule has 3 N–H and O–H groups in total. The van der Waals surface area contributed by atoms with Crippen molar-refractivity contribution in [3.63, 3.8) is 0 Å². The van der Waals surface area contributed by atoms with Crippen molar-refractivity contribution in [2.24, 2.45) is 0 Å². The minimum Gasteiger partial charge on any atom is -0.366 e. The first-order valence-corrected chi connectivity index (χ1v) is 12.1. The summed E-state index contributed by atoms with van der Waals surface area (Å²) >= 11 is 1.73. The number of anilines is 1. The Bertz CT molecular complexity index is 1510. The highest BCUT2D eigenvalue weighted by molar-refractivity contribution is 7.99. The summed E-state index contributed by atoms with van der Waals surface area (Å²) in [4.78, 5) is 23.8. The van der Waals surface area contributed by atoms with Crippen LogP contribution in [-0.4, -0.2) is 25.5 Å². The molecule has 0 saturated heterocycles. The number of nitrogens with two attached hydrogens (primary N) is 1. The van der Waals surface area contributed by atoms with E-state index in [-0.39, 0.29) is 11.9 Å². The number of hydrogen-bond donors (Lipinski definition) is 2. The summed E-state index contributed by atoms with van der Waals surface area (Å²) < 4.78 is 1.61. The third-order valence-corrected chi connectivity index (χ3v) is 6.91. The van der Waals surface area contributed by atoms with Gasteiger partial charge in [0.15, 0.2) is 5.65 Å². The van der Waals surface area contributed by atoms with Gasteiger partial charge in [-0.25, -0.2) is 4.52 Å². The van der Waals surface area contributed by atoms with Gasteiger partial charge in [-0.15, -0.1) is 5.10 Å². The van der Waals surface area contributed by atoms with Gasteiger partial charge >= 0.3 is 0 Å². The Kier molecular flexibility index (Phi) is 6.45. The number of aryl methyl sites for hydroxylation is 1. The number of nitrogens with zero attached hydrogens (tertiary/aromatic N) is 4. The third-order valence-electron chi connectivity index (χ3n) is 5.67. The van der Waals surface area contributed by atoms with E-state index in [0.29, 0.717) is 17.8 Å². The summed E-state index contributed by atoms with van der Waals surface area (Å²) in [5.74, 6) is 0.0333. The van der Waals surface area contributed by atoms with Crippen LogP contribution in [0.1, 0.15) is 28.4 Å². The maximum absolute atomic E-state index is 13.0. The molecule has 1 amide bonds. The molecule has 3 aromatic heterocycles. The molecule has 0 aliphatic heterocycles. The SMILES string of the molecule is CCc1ccccc1Sc1ccccc1CNC(=O)c1cncc(-c2ccn3nc(N)nc3c2)c1. The zero-order valence-corrected chi connectivity index (χ0v) is 20.0. The van der Waals surface area contributed by atoms with Gasteiger partial charge in [0.05, 0.1) is 5.56 Å². The number of nitrogens with one attached hydrogen (secondary N) is 1. The number of fused-ring (bicyclic) bond motifs is 1. The second-order valence-electron chi connectivity index (χ2n) is 8.00. The smallest absolute Gasteiger partial charge is 0.253 e. The second kappa shape index (κ2) is 9.99. The molecule has 8 heteroatoms. The molecule has 0 spiro atoms. The van der Waals surface area contributed by atoms with Crippen LogP contribution in [-0.2, 0) is 13.0 Å². The zero-order chi connectivity index (χ0) is 24.2. The van der Waals surface area contributed by atoms with Crippen LogP contribution in [0.4, 0.5) is 5.95 Å². The van der Waals surface area contributed by atoms with Gasteiger partial charge in [-0.3, -0.25) is 9.78 Å². The standard InChI is InChI=1S/C27H24N6OS/c1-2-18-7-3-5-9-23(18)35-24-10-6-4-8-20(24)17-30-26(34)22-13-21(15-29-16-22)19-11-12-33-25(14-19)31-27(28)32-33/h3-16H,2,17H2,1H3,(H2,28,32)(H,30,34). The van der Waals surface area contributed by atoms with Gasteiger partial charge in [-0.2, -0.15) is 4.98 Å². The Hall–Kier alpha value is -4.17. The molecule has 0 fully saturated rings. The second-order valence-corrected chi connectivity index (χ2v) is 9.09. The van der Waals surface area contributed by atoms with E-state index in [1.54, 1.807) is 34.9 Å². The van der Waals surface area contributed by atoms with Crippen LogP contribution < -0.4 is 11.1 Å². The van der Waals surface area contributed by atoms with Crippen molar-refractivity contribution in [3.8, 4) is 11.1 Å². The van der Waals surface area contributed by atoms with Gasteiger partial charge in [0.2, 0.25) is 5.95 Å². The molecule has 0 aliphatic rings. The van der Waals surface area contributed by atoms with Crippen LogP contribution in [0.5, 0.6) is 0 Å². The third kappa shape index (κ3) is 5.02. The van der Waals surface area contributed by atoms with E-state index in [1.165, 1.54) is 10.5 Å². The Balaban J connectivity index is 1.32. The first kappa shape index (κ1) is 22.6. The van der Waals surface area contributed by atoms with Gasteiger partial charge in [-0.1, -0.05) is 55.1 Å². The maximum Gasteiger partial charge on any atom is 0.253 e. The molecular weight excluding hydrogens is 456 g/mol. The Labute approximate surface area is 207 Å². The Morgan fingerprint density at radius 1 is 0.971 bits per heavy atom. The van der Waals surface area contributed by atoms with Crippen molar-refractivity contribution >= 4 is 29.3 Å². The normalized spacial score (nSPS) is 11.0. The average molecular weight is 481 g/mol. The van der Waals surface area contributed by atoms with Crippen LogP contribution in [0.25, 0.3) is 16.8 Å². The molecule has 7 nitrogen and oxygen atoms in total. The van der Waals surface area contributed by atoms with Crippen LogP contribution in [0, 0.1) is 0 Å². The van der Waals surface area contributed by atoms with E-state index < -0.39 is 0 Å². The van der Waals surface area contributed by atoms with Gasteiger partial charge in [0, 0.05) is 40.5 Å². The fraction of sp³-hybridized carbons (Fsp3) is 0.111. The number of carbonyl (C=O) groups excluding carboxylic acids is 1. The minimum atomic E-state index is -0.180. The predicted molar refractivity (Wildman–Crippen MR) is 138 cm³/mol. The summed E-state index contributed by atoms with van der Waals surface area (Å²) in [6, 6.07) is 22.2. The lowest BCUT2D eigenvalue weighted by molar-refractivity contribution is 0.0950. The minimum absolute atomic E-state index is 0.180. The summed E-state index contributed by atoms with van der Waals surface area (Å²) in [6.45, 7) is 2.58. The molecule has 35 heavy (non-hydrogen) atoms. The highest BCUT2D eigenvalue weighted by Crippen LogP contribution is 2.33. The van der Waals surface area contributed by atoms with Crippen molar-refractivity contribution in [1.82, 2.24) is 24.9 Å². The van der Waals surface area contributed by atoms with E-state index >= 15 is 0 Å². The molecule has 0 saturated carbocycles. The first-order valence-electron chi connectivity index (χ1n) is 11.3. The fourth-order valence-corrected chi connectivity index (χ4v) is 4.99. The predicted octanol–water partition coefficient (Wildman–Crippen LogP) is 5.02. The van der Waals surface area contributed by atoms with Crippen LogP contribution in [0.15, 0.2) is 95.1 Å². The molecule has 0 bridgehead atoms. The molecule has 0 unspecified atom stereocenters. The summed E-state index contributed by atoms with van der Waals surface area (Å²) in [7, 11) is 0. The molecular formula is C27H24N6OS. The van der Waals surface area contributed by atoms with Crippen molar-refractivity contribution in [2.75, 3.05) is 5.73 Å². The number of hydrogen-bond acceptors (Lipinski definition) is 6. The van der Waals surface area contributed by atoms with E-state index in [2.05, 4.69) is 57.6 Å². The van der Waals surface area contributed by atoms with Crippen LogP contribution in [0.2, 0.25) is 0 Å². The molecule has 3 heterocycles. The summed E-state index contributed by atoms with van der Waals surface area (Å²) in [5, 5.41) is 7.14. The lowest BCUT2D eigenvalue weighted by Gasteiger charge is -2.13. The van der Waals surface area contributed by atoms with Crippen molar-refractivity contribution in [1.29, 1.82) is 0 Å². The fourth-order valence-electron chi connectivity index (χ4n) is 3.84. The molecule has 5 rings (SSSR count). The first-order chi connectivity index (χ1) is 17.1. The van der Waals surface area contributed by atoms with E-state index in [9.17, 15) is 4.79 Å². The van der Waals surface area contributed by atoms with Crippen molar-refractivity contribution < 1.29 is 4.79 Å². The number of carbonyl (C=O) groups is 1. The van der Waals surface area contributed by atoms with E-state index in [1.807, 2.05) is 36.4 Å². The molecule has 5 aromatic rings. The van der Waals surface area contributed by atoms with E-state index in [0.717, 1.165) is 28.0 Å². The van der Waals surface area contributed by atoms with Gasteiger partial charge in [0.25, 0.3) is 5.91 Å². The number of nitrogen functional groups attached to an aromatic ring is 1. The maximum atomic E-state index is 13.0. The Morgan fingerprint density at radius 3 is 2.51 bits per heavy atom. The average Bonchev–Trinajstić information content (AvgIpc) is 3.27. The quantitative estimate of drug-likeness (QED) is 0.340. The Morgan fingerprint density at radius 2 is 1.71 bits per heavy atom. The molecule has 174 valence electrons. The topological polar surface area (TPSA) is 98.2 Å². The van der Waals surface area contributed by atoms with Gasteiger partial charge in [0.1, 0.15) is 0 Å². The highest BCUT2D eigenvalue weighted by atomic mass is 32.2. The molecule has 0 aliphatic carbocycles. The zero-order valence-electron chi connectivity index (χ0n) is 19.2. The monoisotopic (exact) mass is 480 g/mol. The van der Waals surface area contributed by atoms with Crippen molar-refractivity contribution in [2.45, 2.75) is 29.7 Å². The lowest BCUT2D eigenvalue weighted by Crippen LogP contribution is -2.23.